The molecule has 22 heavy (non-hydrogen) atoms. The Hall–Kier alpha value is 0.340. The third-order valence-corrected chi connectivity index (χ3v) is 6.11. The van der Waals surface area contributed by atoms with Gasteiger partial charge in [0.05, 0.1) is 5.75 Å². The first-order valence-electron chi connectivity index (χ1n) is 9.23. The van der Waals surface area contributed by atoms with E-state index in [2.05, 4.69) is 10.9 Å². The molecule has 0 radical (unpaired) electrons. The van der Waals surface area contributed by atoms with E-state index in [1.807, 2.05) is 9.47 Å². The molecule has 134 valence electrons. The van der Waals surface area contributed by atoms with Crippen molar-refractivity contribution in [1.29, 1.82) is 0 Å². The molecule has 0 rings (SSSR count). The summed E-state index contributed by atoms with van der Waals surface area (Å²) in [5.41, 5.74) is 0. The second kappa shape index (κ2) is 16.2. The van der Waals surface area contributed by atoms with E-state index in [9.17, 15) is 8.42 Å². The zero-order valence-electron chi connectivity index (χ0n) is 14.5. The average Bonchev–Trinajstić information content (AvgIpc) is 2.51. The quantitative estimate of drug-likeness (QED) is 0.238. The summed E-state index contributed by atoms with van der Waals surface area (Å²) < 4.78 is 26.5. The molecule has 0 aliphatic heterocycles. The summed E-state index contributed by atoms with van der Waals surface area (Å²) in [4.78, 5) is 0. The van der Waals surface area contributed by atoms with E-state index < -0.39 is 10.1 Å². The molecule has 0 saturated heterocycles. The molecule has 0 heterocycles. The van der Waals surface area contributed by atoms with Gasteiger partial charge in [0.15, 0.2) is 0 Å². The van der Waals surface area contributed by atoms with Gasteiger partial charge in [-0.25, -0.2) is 0 Å². The van der Waals surface area contributed by atoms with E-state index in [0.717, 1.165) is 19.3 Å². The van der Waals surface area contributed by atoms with Gasteiger partial charge in [-0.2, -0.15) is 8.42 Å². The van der Waals surface area contributed by atoms with Crippen molar-refractivity contribution >= 4 is 19.6 Å². The second-order valence-electron chi connectivity index (χ2n) is 6.31. The highest BCUT2D eigenvalue weighted by Gasteiger charge is 2.07. The molecule has 0 N–H and O–H groups in total. The van der Waals surface area contributed by atoms with Gasteiger partial charge in [-0.1, -0.05) is 96.8 Å². The highest BCUT2D eigenvalue weighted by atomic mass is 32.2. The topological polar surface area (TPSA) is 43.4 Å². The molecule has 0 fully saturated rings. The molecule has 0 aromatic rings. The second-order valence-corrected chi connectivity index (χ2v) is 8.60. The van der Waals surface area contributed by atoms with E-state index >= 15 is 0 Å². The average molecular weight is 353 g/mol. The van der Waals surface area contributed by atoms with Crippen LogP contribution in [-0.4, -0.2) is 14.2 Å². The monoisotopic (exact) mass is 352 g/mol. The SMILES string of the molecule is CCCCCCCCCCCCCCCCCS(=O)(=O)OP. The molecule has 5 heteroatoms. The Morgan fingerprint density at radius 3 is 1.27 bits per heavy atom. The molecule has 0 saturated carbocycles. The molecule has 1 atom stereocenters. The van der Waals surface area contributed by atoms with Crippen molar-refractivity contribution in [3.05, 3.63) is 0 Å². The van der Waals surface area contributed by atoms with Gasteiger partial charge in [0.1, 0.15) is 0 Å². The fraction of sp³-hybridized carbons (Fsp3) is 1.00. The molecule has 3 nitrogen and oxygen atoms in total. The first kappa shape index (κ1) is 22.3. The van der Waals surface area contributed by atoms with Gasteiger partial charge in [0, 0.05) is 9.47 Å². The third kappa shape index (κ3) is 16.7. The van der Waals surface area contributed by atoms with Crippen LogP contribution in [0.15, 0.2) is 0 Å². The van der Waals surface area contributed by atoms with Gasteiger partial charge in [0.25, 0.3) is 10.1 Å². The van der Waals surface area contributed by atoms with E-state index in [4.69, 9.17) is 0 Å². The third-order valence-electron chi connectivity index (χ3n) is 4.14. The number of hydrogen-bond donors (Lipinski definition) is 0. The Balaban J connectivity index is 3.09. The highest BCUT2D eigenvalue weighted by molar-refractivity contribution is 7.88. The van der Waals surface area contributed by atoms with Crippen LogP contribution in [0.25, 0.3) is 0 Å². The Bertz CT molecular complexity index is 318. The van der Waals surface area contributed by atoms with Crippen molar-refractivity contribution in [2.24, 2.45) is 0 Å². The van der Waals surface area contributed by atoms with Gasteiger partial charge in [-0.05, 0) is 6.42 Å². The molecule has 0 bridgehead atoms. The summed E-state index contributed by atoms with van der Waals surface area (Å²) in [6.07, 6.45) is 19.3. The van der Waals surface area contributed by atoms with E-state index in [1.54, 1.807) is 0 Å². The van der Waals surface area contributed by atoms with Crippen LogP contribution in [0, 0.1) is 0 Å². The van der Waals surface area contributed by atoms with Gasteiger partial charge in [-0.3, -0.25) is 3.97 Å². The minimum Gasteiger partial charge on any atom is -0.254 e. The van der Waals surface area contributed by atoms with Gasteiger partial charge in [-0.15, -0.1) is 0 Å². The van der Waals surface area contributed by atoms with Gasteiger partial charge >= 0.3 is 0 Å². The van der Waals surface area contributed by atoms with Gasteiger partial charge < -0.3 is 0 Å². The predicted octanol–water partition coefficient (Wildman–Crippen LogP) is 5.99. The summed E-state index contributed by atoms with van der Waals surface area (Å²) in [6, 6.07) is 0. The number of unbranched alkanes of at least 4 members (excludes halogenated alkanes) is 14. The minimum atomic E-state index is -3.27. The lowest BCUT2D eigenvalue weighted by molar-refractivity contribution is 0.509. The summed E-state index contributed by atoms with van der Waals surface area (Å²) in [5.74, 6) is 0.148. The summed E-state index contributed by atoms with van der Waals surface area (Å²) >= 11 is 0. The fourth-order valence-corrected chi connectivity index (χ4v) is 3.64. The Kier molecular flexibility index (Phi) is 16.5. The maximum absolute atomic E-state index is 11.1. The van der Waals surface area contributed by atoms with Crippen molar-refractivity contribution in [3.63, 3.8) is 0 Å². The van der Waals surface area contributed by atoms with E-state index in [1.165, 1.54) is 77.0 Å². The maximum atomic E-state index is 11.1. The largest absolute Gasteiger partial charge is 0.269 e. The fourth-order valence-electron chi connectivity index (χ4n) is 2.70. The summed E-state index contributed by atoms with van der Waals surface area (Å²) in [5, 5.41) is 0. The number of rotatable bonds is 17. The van der Waals surface area contributed by atoms with Gasteiger partial charge in [0.2, 0.25) is 0 Å². The van der Waals surface area contributed by atoms with Crippen LogP contribution in [0.3, 0.4) is 0 Å². The summed E-state index contributed by atoms with van der Waals surface area (Å²) in [7, 11) is -1.46. The molecular formula is C17H37O3PS. The molecule has 0 amide bonds. The van der Waals surface area contributed by atoms with Crippen molar-refractivity contribution in [2.75, 3.05) is 5.75 Å². The zero-order valence-corrected chi connectivity index (χ0v) is 16.5. The van der Waals surface area contributed by atoms with Crippen LogP contribution in [0.1, 0.15) is 103 Å². The minimum absolute atomic E-state index is 0.148. The lowest BCUT2D eigenvalue weighted by Gasteiger charge is -2.03. The van der Waals surface area contributed by atoms with Crippen LogP contribution in [-0.2, 0) is 14.1 Å². The first-order chi connectivity index (χ1) is 10.6. The summed E-state index contributed by atoms with van der Waals surface area (Å²) in [6.45, 7) is 2.26. The molecule has 1 unspecified atom stereocenters. The van der Waals surface area contributed by atoms with E-state index in [0.29, 0.717) is 0 Å². The molecule has 0 aromatic heterocycles. The van der Waals surface area contributed by atoms with Crippen molar-refractivity contribution < 1.29 is 12.4 Å². The van der Waals surface area contributed by atoms with Crippen LogP contribution >= 0.6 is 9.47 Å². The van der Waals surface area contributed by atoms with Crippen molar-refractivity contribution in [2.45, 2.75) is 103 Å². The number of hydrogen-bond acceptors (Lipinski definition) is 3. The first-order valence-corrected chi connectivity index (χ1v) is 11.3. The van der Waals surface area contributed by atoms with Crippen LogP contribution in [0.4, 0.5) is 0 Å². The maximum Gasteiger partial charge on any atom is 0.269 e. The molecule has 0 aliphatic carbocycles. The highest BCUT2D eigenvalue weighted by Crippen LogP contribution is 2.13. The molecule has 0 aromatic carbocycles. The predicted molar refractivity (Wildman–Crippen MR) is 99.5 cm³/mol. The van der Waals surface area contributed by atoms with E-state index in [-0.39, 0.29) is 5.75 Å². The van der Waals surface area contributed by atoms with Crippen molar-refractivity contribution in [1.82, 2.24) is 0 Å². The van der Waals surface area contributed by atoms with Crippen LogP contribution in [0.2, 0.25) is 0 Å². The Labute approximate surface area is 141 Å². The lowest BCUT2D eigenvalue weighted by atomic mass is 10.0. The smallest absolute Gasteiger partial charge is 0.254 e. The zero-order chi connectivity index (χ0) is 16.5. The standard InChI is InChI=1S/C17H37O3PS/c1-2-3-4-5-6-7-8-9-10-11-12-13-14-15-16-17-22(18,19)20-21/h2-17,21H2,1H3. The molecule has 0 spiro atoms. The van der Waals surface area contributed by atoms with Crippen LogP contribution < -0.4 is 0 Å². The molecule has 0 aliphatic rings. The van der Waals surface area contributed by atoms with Crippen LogP contribution in [0.5, 0.6) is 0 Å². The normalized spacial score (nSPS) is 11.9. The Morgan fingerprint density at radius 2 is 0.955 bits per heavy atom. The Morgan fingerprint density at radius 1 is 0.636 bits per heavy atom. The molecular weight excluding hydrogens is 315 g/mol. The van der Waals surface area contributed by atoms with Crippen molar-refractivity contribution in [3.8, 4) is 0 Å². The lowest BCUT2D eigenvalue weighted by Crippen LogP contribution is -2.04.